The van der Waals surface area contributed by atoms with E-state index < -0.39 is 11.8 Å². The van der Waals surface area contributed by atoms with E-state index in [1.807, 2.05) is 0 Å². The Bertz CT molecular complexity index is 811. The largest absolute Gasteiger partial charge is 0.478 e. The summed E-state index contributed by atoms with van der Waals surface area (Å²) in [5, 5.41) is 19.8. The van der Waals surface area contributed by atoms with Gasteiger partial charge >= 0.3 is 5.97 Å². The summed E-state index contributed by atoms with van der Waals surface area (Å²) in [5.74, 6) is 2.78. The number of carboxylic acids is 1. The Morgan fingerprint density at radius 3 is 2.54 bits per heavy atom. The van der Waals surface area contributed by atoms with Crippen LogP contribution in [0.4, 0.5) is 15.9 Å². The number of aliphatic hydroxyl groups is 1. The third kappa shape index (κ3) is 5.92. The third-order valence-corrected chi connectivity index (χ3v) is 3.62. The number of benzene rings is 1. The van der Waals surface area contributed by atoms with Crippen LogP contribution in [0.15, 0.2) is 39.6 Å². The molecule has 0 spiro atoms. The van der Waals surface area contributed by atoms with Gasteiger partial charge in [0.1, 0.15) is 17.2 Å². The van der Waals surface area contributed by atoms with Crippen molar-refractivity contribution >= 4 is 33.4 Å². The predicted molar refractivity (Wildman–Crippen MR) is 97.9 cm³/mol. The maximum Gasteiger partial charge on any atom is 0.339 e. The van der Waals surface area contributed by atoms with Gasteiger partial charge in [-0.3, -0.25) is 9.36 Å². The number of aromatic carboxylic acids is 1. The maximum absolute atomic E-state index is 13.9. The van der Waals surface area contributed by atoms with Gasteiger partial charge in [0.15, 0.2) is 0 Å². The van der Waals surface area contributed by atoms with E-state index in [1.165, 1.54) is 28.8 Å². The molecular formula is C16H19BrFN3O5. The number of anilines is 2. The van der Waals surface area contributed by atoms with Crippen molar-refractivity contribution in [1.82, 2.24) is 4.57 Å². The van der Waals surface area contributed by atoms with Gasteiger partial charge in [-0.25, -0.2) is 15.1 Å². The minimum absolute atomic E-state index is 0.00347. The molecule has 142 valence electrons. The fourth-order valence-corrected chi connectivity index (χ4v) is 2.30. The topological polar surface area (TPSA) is 127 Å². The van der Waals surface area contributed by atoms with Crippen LogP contribution in [0.5, 0.6) is 0 Å². The van der Waals surface area contributed by atoms with Crippen molar-refractivity contribution in [2.75, 3.05) is 18.5 Å². The molecule has 0 saturated heterocycles. The Balaban J connectivity index is 0.000000597. The predicted octanol–water partition coefficient (Wildman–Crippen LogP) is 2.08. The molecule has 0 fully saturated rings. The molecule has 0 amide bonds. The second kappa shape index (κ2) is 10.7. The van der Waals surface area contributed by atoms with E-state index in [1.54, 1.807) is 13.0 Å². The minimum atomic E-state index is -1.20. The highest BCUT2D eigenvalue weighted by Gasteiger charge is 2.16. The number of rotatable bonds is 6. The van der Waals surface area contributed by atoms with Crippen molar-refractivity contribution in [2.24, 2.45) is 5.90 Å². The van der Waals surface area contributed by atoms with E-state index in [4.69, 9.17) is 5.11 Å². The first kappa shape index (κ1) is 21.8. The summed E-state index contributed by atoms with van der Waals surface area (Å²) in [4.78, 5) is 27.0. The summed E-state index contributed by atoms with van der Waals surface area (Å²) >= 11 is 3.14. The third-order valence-electron chi connectivity index (χ3n) is 3.12. The number of nitrogens with zero attached hydrogens (tertiary/aromatic N) is 1. The Morgan fingerprint density at radius 1 is 1.38 bits per heavy atom. The van der Waals surface area contributed by atoms with Crippen LogP contribution in [0.1, 0.15) is 17.3 Å². The number of pyridine rings is 1. The average Bonchev–Trinajstić information content (AvgIpc) is 2.58. The first-order chi connectivity index (χ1) is 12.3. The second-order valence-corrected chi connectivity index (χ2v) is 5.74. The van der Waals surface area contributed by atoms with Crippen LogP contribution >= 0.6 is 15.9 Å². The van der Waals surface area contributed by atoms with Gasteiger partial charge in [0.05, 0.1) is 18.9 Å². The summed E-state index contributed by atoms with van der Waals surface area (Å²) in [6.45, 7) is 2.19. The lowest BCUT2D eigenvalue weighted by atomic mass is 10.2. The molecule has 0 radical (unpaired) electrons. The van der Waals surface area contributed by atoms with E-state index in [-0.39, 0.29) is 42.4 Å². The van der Waals surface area contributed by atoms with E-state index in [2.05, 4.69) is 32.0 Å². The molecule has 0 aliphatic heterocycles. The van der Waals surface area contributed by atoms with Crippen molar-refractivity contribution in [3.8, 4) is 0 Å². The molecule has 26 heavy (non-hydrogen) atoms. The van der Waals surface area contributed by atoms with Gasteiger partial charge in [0, 0.05) is 17.1 Å². The zero-order chi connectivity index (χ0) is 19.7. The molecule has 5 N–H and O–H groups in total. The number of hydrogen-bond donors (Lipinski definition) is 4. The van der Waals surface area contributed by atoms with Crippen LogP contribution < -0.4 is 16.8 Å². The first-order valence-electron chi connectivity index (χ1n) is 7.47. The zero-order valence-corrected chi connectivity index (χ0v) is 15.5. The normalized spacial score (nSPS) is 10.0. The van der Waals surface area contributed by atoms with Gasteiger partial charge in [-0.1, -0.05) is 15.9 Å². The standard InChI is InChI=1S/C14H12BrFN2O3.C2H7NO2/c1-2-18-12(19)6-4-9(14(20)21)13(18)17-11-5-3-8(15)7-10(11)16;3-5-2-1-4/h3-7,17H,2H2,1H3,(H,20,21);4H,1-3H2. The fraction of sp³-hybridized carbons (Fsp3) is 0.250. The van der Waals surface area contributed by atoms with Crippen LogP contribution in [0.25, 0.3) is 0 Å². The Morgan fingerprint density at radius 2 is 2.08 bits per heavy atom. The summed E-state index contributed by atoms with van der Waals surface area (Å²) in [6.07, 6.45) is 0. The Labute approximate surface area is 157 Å². The molecule has 1 aromatic carbocycles. The summed E-state index contributed by atoms with van der Waals surface area (Å²) in [7, 11) is 0. The van der Waals surface area contributed by atoms with E-state index >= 15 is 0 Å². The Kier molecular flexibility index (Phi) is 8.93. The number of aliphatic hydroxyl groups excluding tert-OH is 1. The van der Waals surface area contributed by atoms with Gasteiger partial charge in [0.2, 0.25) is 0 Å². The molecule has 1 heterocycles. The van der Waals surface area contributed by atoms with Gasteiger partial charge in [-0.05, 0) is 31.2 Å². The maximum atomic E-state index is 13.9. The van der Waals surface area contributed by atoms with Crippen molar-refractivity contribution in [3.63, 3.8) is 0 Å². The van der Waals surface area contributed by atoms with Crippen molar-refractivity contribution in [2.45, 2.75) is 13.5 Å². The average molecular weight is 432 g/mol. The van der Waals surface area contributed by atoms with Crippen LogP contribution in [0, 0.1) is 5.82 Å². The van der Waals surface area contributed by atoms with Crippen LogP contribution in [-0.2, 0) is 11.4 Å². The van der Waals surface area contributed by atoms with Crippen LogP contribution in [0.2, 0.25) is 0 Å². The van der Waals surface area contributed by atoms with Crippen molar-refractivity contribution in [1.29, 1.82) is 0 Å². The molecule has 8 nitrogen and oxygen atoms in total. The smallest absolute Gasteiger partial charge is 0.339 e. The zero-order valence-electron chi connectivity index (χ0n) is 13.9. The lowest BCUT2D eigenvalue weighted by Crippen LogP contribution is -2.23. The van der Waals surface area contributed by atoms with Crippen LogP contribution in [-0.4, -0.2) is 34.0 Å². The number of hydrogen-bond acceptors (Lipinski definition) is 6. The first-order valence-corrected chi connectivity index (χ1v) is 8.26. The molecule has 0 aliphatic rings. The molecule has 2 aromatic rings. The summed E-state index contributed by atoms with van der Waals surface area (Å²) in [5.41, 5.74) is -0.366. The molecule has 1 aromatic heterocycles. The number of carboxylic acid groups (broad SMARTS) is 1. The van der Waals surface area contributed by atoms with E-state index in [0.717, 1.165) is 0 Å². The fourth-order valence-electron chi connectivity index (χ4n) is 1.97. The minimum Gasteiger partial charge on any atom is -0.478 e. The number of nitrogens with one attached hydrogen (secondary N) is 1. The van der Waals surface area contributed by atoms with Crippen molar-refractivity contribution < 1.29 is 24.2 Å². The molecule has 0 atom stereocenters. The highest BCUT2D eigenvalue weighted by Crippen LogP contribution is 2.24. The van der Waals surface area contributed by atoms with Gasteiger partial charge in [-0.15, -0.1) is 0 Å². The highest BCUT2D eigenvalue weighted by atomic mass is 79.9. The van der Waals surface area contributed by atoms with E-state index in [9.17, 15) is 19.1 Å². The number of carbonyl (C=O) groups is 1. The molecule has 0 saturated carbocycles. The number of aromatic nitrogens is 1. The lowest BCUT2D eigenvalue weighted by molar-refractivity contribution is 0.0697. The second-order valence-electron chi connectivity index (χ2n) is 4.83. The monoisotopic (exact) mass is 431 g/mol. The molecule has 2 rings (SSSR count). The number of nitrogens with two attached hydrogens (primary N) is 1. The number of halogens is 2. The quantitative estimate of drug-likeness (QED) is 0.515. The molecule has 10 heteroatoms. The highest BCUT2D eigenvalue weighted by molar-refractivity contribution is 9.10. The van der Waals surface area contributed by atoms with E-state index in [0.29, 0.717) is 4.47 Å². The molecule has 0 bridgehead atoms. The molecule has 0 aliphatic carbocycles. The Hall–Kier alpha value is -2.27. The van der Waals surface area contributed by atoms with Gasteiger partial charge in [-0.2, -0.15) is 0 Å². The van der Waals surface area contributed by atoms with Crippen molar-refractivity contribution in [3.05, 3.63) is 56.5 Å². The summed E-state index contributed by atoms with van der Waals surface area (Å²) in [6, 6.07) is 6.71. The lowest BCUT2D eigenvalue weighted by Gasteiger charge is -2.16. The SMILES string of the molecule is CCn1c(Nc2ccc(Br)cc2F)c(C(=O)O)ccc1=O.NOCCO. The molecule has 0 unspecified atom stereocenters. The summed E-state index contributed by atoms with van der Waals surface area (Å²) < 4.78 is 15.7. The van der Waals surface area contributed by atoms with Crippen LogP contribution in [0.3, 0.4) is 0 Å². The van der Waals surface area contributed by atoms with Gasteiger partial charge < -0.3 is 20.4 Å². The molecular weight excluding hydrogens is 413 g/mol. The van der Waals surface area contributed by atoms with Gasteiger partial charge in [0.25, 0.3) is 5.56 Å².